The lowest BCUT2D eigenvalue weighted by molar-refractivity contribution is -0.00248. The highest BCUT2D eigenvalue weighted by molar-refractivity contribution is 4.49. The molecular formula is C31H64O4. The van der Waals surface area contributed by atoms with E-state index in [1.807, 2.05) is 0 Å². The van der Waals surface area contributed by atoms with Gasteiger partial charge >= 0.3 is 0 Å². The fourth-order valence-electron chi connectivity index (χ4n) is 4.32. The van der Waals surface area contributed by atoms with E-state index in [1.165, 1.54) is 135 Å². The molecule has 0 bridgehead atoms. The molecule has 0 rings (SSSR count). The third-order valence-corrected chi connectivity index (χ3v) is 6.65. The molecule has 0 aromatic heterocycles. The van der Waals surface area contributed by atoms with Crippen LogP contribution in [0.4, 0.5) is 0 Å². The third kappa shape index (κ3) is 33.8. The maximum atomic E-state index is 5.67. The van der Waals surface area contributed by atoms with E-state index < -0.39 is 0 Å². The first-order valence-electron chi connectivity index (χ1n) is 15.7. The second-order valence-corrected chi connectivity index (χ2v) is 10.2. The summed E-state index contributed by atoms with van der Waals surface area (Å²) in [6.45, 7) is 10.3. The Bertz CT molecular complexity index is 319. The highest BCUT2D eigenvalue weighted by Gasteiger charge is 1.96. The van der Waals surface area contributed by atoms with Crippen LogP contribution in [-0.2, 0) is 18.9 Å². The normalized spacial score (nSPS) is 11.5. The minimum atomic E-state index is 0.639. The summed E-state index contributed by atoms with van der Waals surface area (Å²) in [4.78, 5) is 0. The fourth-order valence-corrected chi connectivity index (χ4v) is 4.32. The van der Waals surface area contributed by atoms with Crippen molar-refractivity contribution in [2.45, 2.75) is 149 Å². The van der Waals surface area contributed by atoms with Crippen LogP contribution in [0.15, 0.2) is 0 Å². The van der Waals surface area contributed by atoms with Gasteiger partial charge in [-0.05, 0) is 12.8 Å². The maximum absolute atomic E-state index is 5.67. The number of hydrogen-bond acceptors (Lipinski definition) is 4. The average molecular weight is 501 g/mol. The van der Waals surface area contributed by atoms with E-state index in [2.05, 4.69) is 13.8 Å². The van der Waals surface area contributed by atoms with Gasteiger partial charge in [0, 0.05) is 13.2 Å². The van der Waals surface area contributed by atoms with E-state index in [4.69, 9.17) is 18.9 Å². The molecule has 0 atom stereocenters. The molecule has 4 nitrogen and oxygen atoms in total. The van der Waals surface area contributed by atoms with Gasteiger partial charge in [0.25, 0.3) is 0 Å². The molecule has 0 aromatic carbocycles. The molecule has 0 aromatic rings. The average Bonchev–Trinajstić information content (AvgIpc) is 2.87. The van der Waals surface area contributed by atoms with Crippen molar-refractivity contribution in [2.24, 2.45) is 0 Å². The molecule has 0 radical (unpaired) electrons. The molecule has 0 aliphatic rings. The smallest absolute Gasteiger partial charge is 0.0701 e. The van der Waals surface area contributed by atoms with Crippen LogP contribution in [0.5, 0.6) is 0 Å². The quantitative estimate of drug-likeness (QED) is 0.0862. The van der Waals surface area contributed by atoms with Crippen LogP contribution in [0.3, 0.4) is 0 Å². The van der Waals surface area contributed by atoms with Gasteiger partial charge in [0.2, 0.25) is 0 Å². The minimum Gasteiger partial charge on any atom is -0.379 e. The molecular weight excluding hydrogens is 436 g/mol. The lowest BCUT2D eigenvalue weighted by atomic mass is 10.0. The number of hydrogen-bond donors (Lipinski definition) is 0. The van der Waals surface area contributed by atoms with Crippen molar-refractivity contribution in [1.29, 1.82) is 0 Å². The molecule has 0 aliphatic carbocycles. The Balaban J connectivity index is 3.00. The van der Waals surface area contributed by atoms with Gasteiger partial charge < -0.3 is 18.9 Å². The van der Waals surface area contributed by atoms with E-state index in [0.29, 0.717) is 39.6 Å². The lowest BCUT2D eigenvalue weighted by Gasteiger charge is -2.08. The summed E-state index contributed by atoms with van der Waals surface area (Å²) in [6, 6.07) is 0. The summed E-state index contributed by atoms with van der Waals surface area (Å²) in [5.41, 5.74) is 0. The predicted molar refractivity (Wildman–Crippen MR) is 152 cm³/mol. The summed E-state index contributed by atoms with van der Waals surface area (Å²) in [7, 11) is 0. The van der Waals surface area contributed by atoms with Gasteiger partial charge in [-0.3, -0.25) is 0 Å². The van der Waals surface area contributed by atoms with Crippen molar-refractivity contribution in [3.63, 3.8) is 0 Å². The summed E-state index contributed by atoms with van der Waals surface area (Å²) >= 11 is 0. The second kappa shape index (κ2) is 33.8. The molecule has 212 valence electrons. The zero-order valence-electron chi connectivity index (χ0n) is 24.1. The molecule has 0 heterocycles. The first-order chi connectivity index (χ1) is 17.4. The standard InChI is InChI=1S/C31H64O4/c1-3-5-7-9-11-13-14-15-16-17-19-21-23-25-33-27-29-35-31-30-34-28-26-32-24-22-20-18-12-10-8-6-4-2/h3-31H2,1-2H3. The summed E-state index contributed by atoms with van der Waals surface area (Å²) in [5, 5.41) is 0. The summed E-state index contributed by atoms with van der Waals surface area (Å²) in [5.74, 6) is 0. The molecule has 0 saturated heterocycles. The second-order valence-electron chi connectivity index (χ2n) is 10.2. The largest absolute Gasteiger partial charge is 0.379 e. The molecule has 0 unspecified atom stereocenters. The molecule has 0 saturated carbocycles. The SMILES string of the molecule is CCCCCCCCCCCCCCCOCCOCCOCCOCCCCCCCCCC. The van der Waals surface area contributed by atoms with Crippen LogP contribution in [0.1, 0.15) is 149 Å². The highest BCUT2D eigenvalue weighted by atomic mass is 16.6. The zero-order chi connectivity index (χ0) is 25.3. The Morgan fingerprint density at radius 2 is 0.429 bits per heavy atom. The molecule has 35 heavy (non-hydrogen) atoms. The van der Waals surface area contributed by atoms with E-state index in [-0.39, 0.29) is 0 Å². The maximum Gasteiger partial charge on any atom is 0.0701 e. The van der Waals surface area contributed by atoms with Gasteiger partial charge in [0.1, 0.15) is 0 Å². The van der Waals surface area contributed by atoms with Crippen LogP contribution in [-0.4, -0.2) is 52.9 Å². The first kappa shape index (κ1) is 34.8. The Labute approximate surface area is 220 Å². The van der Waals surface area contributed by atoms with Gasteiger partial charge in [-0.15, -0.1) is 0 Å². The van der Waals surface area contributed by atoms with E-state index in [9.17, 15) is 0 Å². The van der Waals surface area contributed by atoms with Crippen LogP contribution in [0.25, 0.3) is 0 Å². The van der Waals surface area contributed by atoms with E-state index in [1.54, 1.807) is 0 Å². The van der Waals surface area contributed by atoms with Crippen molar-refractivity contribution in [3.05, 3.63) is 0 Å². The Hall–Kier alpha value is -0.160. The van der Waals surface area contributed by atoms with Gasteiger partial charge in [-0.1, -0.05) is 136 Å². The van der Waals surface area contributed by atoms with Crippen molar-refractivity contribution < 1.29 is 18.9 Å². The number of rotatable bonds is 32. The number of unbranched alkanes of at least 4 members (excludes halogenated alkanes) is 19. The highest BCUT2D eigenvalue weighted by Crippen LogP contribution is 2.12. The zero-order valence-corrected chi connectivity index (χ0v) is 24.1. The van der Waals surface area contributed by atoms with Crippen LogP contribution in [0.2, 0.25) is 0 Å². The van der Waals surface area contributed by atoms with Crippen molar-refractivity contribution in [2.75, 3.05) is 52.9 Å². The lowest BCUT2D eigenvalue weighted by Crippen LogP contribution is -2.12. The van der Waals surface area contributed by atoms with E-state index in [0.717, 1.165) is 13.2 Å². The number of ether oxygens (including phenoxy) is 4. The van der Waals surface area contributed by atoms with Crippen molar-refractivity contribution in [3.8, 4) is 0 Å². The topological polar surface area (TPSA) is 36.9 Å². The fraction of sp³-hybridized carbons (Fsp3) is 1.00. The summed E-state index contributed by atoms with van der Waals surface area (Å²) in [6.07, 6.45) is 28.8. The predicted octanol–water partition coefficient (Wildman–Crippen LogP) is 9.28. The summed E-state index contributed by atoms with van der Waals surface area (Å²) < 4.78 is 22.4. The van der Waals surface area contributed by atoms with Gasteiger partial charge in [0.15, 0.2) is 0 Å². The van der Waals surface area contributed by atoms with E-state index >= 15 is 0 Å². The first-order valence-corrected chi connectivity index (χ1v) is 15.7. The van der Waals surface area contributed by atoms with Gasteiger partial charge in [-0.25, -0.2) is 0 Å². The molecule has 4 heteroatoms. The molecule has 0 spiro atoms. The minimum absolute atomic E-state index is 0.639. The van der Waals surface area contributed by atoms with Crippen LogP contribution >= 0.6 is 0 Å². The molecule has 0 fully saturated rings. The van der Waals surface area contributed by atoms with Crippen molar-refractivity contribution in [1.82, 2.24) is 0 Å². The van der Waals surface area contributed by atoms with Gasteiger partial charge in [-0.2, -0.15) is 0 Å². The van der Waals surface area contributed by atoms with Crippen LogP contribution < -0.4 is 0 Å². The monoisotopic (exact) mass is 500 g/mol. The molecule has 0 aliphatic heterocycles. The Morgan fingerprint density at radius 3 is 0.686 bits per heavy atom. The van der Waals surface area contributed by atoms with Crippen molar-refractivity contribution >= 4 is 0 Å². The molecule has 0 amide bonds. The van der Waals surface area contributed by atoms with Crippen LogP contribution in [0, 0.1) is 0 Å². The Morgan fingerprint density at radius 1 is 0.229 bits per heavy atom. The molecule has 0 N–H and O–H groups in total. The Kier molecular flexibility index (Phi) is 33.7. The third-order valence-electron chi connectivity index (χ3n) is 6.65. The van der Waals surface area contributed by atoms with Gasteiger partial charge in [0.05, 0.1) is 39.6 Å².